The van der Waals surface area contributed by atoms with Crippen LogP contribution in [0.15, 0.2) is 29.3 Å². The van der Waals surface area contributed by atoms with E-state index in [0.29, 0.717) is 13.2 Å². The number of nitrogens with one attached hydrogen (secondary N) is 2. The van der Waals surface area contributed by atoms with Gasteiger partial charge in [0, 0.05) is 30.4 Å². The summed E-state index contributed by atoms with van der Waals surface area (Å²) in [6.45, 7) is 2.92. The lowest BCUT2D eigenvalue weighted by Gasteiger charge is -2.14. The fourth-order valence-corrected chi connectivity index (χ4v) is 3.71. The highest BCUT2D eigenvalue weighted by Crippen LogP contribution is 2.25. The van der Waals surface area contributed by atoms with Gasteiger partial charge in [0.15, 0.2) is 5.96 Å². The second-order valence-electron chi connectivity index (χ2n) is 5.20. The highest BCUT2D eigenvalue weighted by Gasteiger charge is 2.15. The number of halogens is 2. The number of nitrogens with zero attached hydrogens (tertiary/aromatic N) is 1. The van der Waals surface area contributed by atoms with Gasteiger partial charge in [0.1, 0.15) is 0 Å². The molecule has 2 rings (SSSR count). The summed E-state index contributed by atoms with van der Waals surface area (Å²) in [6.07, 6.45) is 2.64. The van der Waals surface area contributed by atoms with Gasteiger partial charge in [0.2, 0.25) is 0 Å². The summed E-state index contributed by atoms with van der Waals surface area (Å²) in [6, 6.07) is 7.74. The van der Waals surface area contributed by atoms with Crippen LogP contribution in [0.25, 0.3) is 0 Å². The lowest BCUT2D eigenvalue weighted by Crippen LogP contribution is -2.41. The predicted octanol–water partition coefficient (Wildman–Crippen LogP) is 3.54. The summed E-state index contributed by atoms with van der Waals surface area (Å²) in [7, 11) is 1.80. The molecule has 0 aliphatic carbocycles. The van der Waals surface area contributed by atoms with E-state index in [1.54, 1.807) is 7.05 Å². The zero-order valence-electron chi connectivity index (χ0n) is 13.4. The molecule has 0 saturated carbocycles. The Balaban J connectivity index is 0.00000264. The Morgan fingerprint density at radius 3 is 3.00 bits per heavy atom. The number of benzene rings is 1. The zero-order chi connectivity index (χ0) is 15.6. The Morgan fingerprint density at radius 2 is 2.30 bits per heavy atom. The first kappa shape index (κ1) is 20.9. The molecule has 4 nitrogen and oxygen atoms in total. The summed E-state index contributed by atoms with van der Waals surface area (Å²) in [4.78, 5) is 4.23. The highest BCUT2D eigenvalue weighted by atomic mass is 127. The molecule has 7 heteroatoms. The molecule has 1 aromatic carbocycles. The molecule has 1 aliphatic rings. The Hall–Kier alpha value is -0.180. The predicted molar refractivity (Wildman–Crippen MR) is 111 cm³/mol. The van der Waals surface area contributed by atoms with E-state index in [2.05, 4.69) is 15.6 Å². The molecule has 1 aliphatic heterocycles. The molecular formula is C16H25ClIN3OS. The molecule has 1 heterocycles. The third-order valence-corrected chi connectivity index (χ3v) is 5.07. The smallest absolute Gasteiger partial charge is 0.191 e. The summed E-state index contributed by atoms with van der Waals surface area (Å²) in [5.41, 5.74) is 1.09. The number of aliphatic imine (C=N–C) groups is 1. The van der Waals surface area contributed by atoms with E-state index in [-0.39, 0.29) is 24.0 Å². The Kier molecular flexibility index (Phi) is 11.1. The quantitative estimate of drug-likeness (QED) is 0.278. The van der Waals surface area contributed by atoms with Gasteiger partial charge in [-0.25, -0.2) is 0 Å². The first-order chi connectivity index (χ1) is 10.8. The first-order valence-electron chi connectivity index (χ1n) is 7.66. The molecule has 2 N–H and O–H groups in total. The topological polar surface area (TPSA) is 45.7 Å². The van der Waals surface area contributed by atoms with Crippen molar-refractivity contribution in [3.8, 4) is 0 Å². The molecule has 1 fully saturated rings. The molecule has 130 valence electrons. The van der Waals surface area contributed by atoms with Gasteiger partial charge in [-0.1, -0.05) is 23.7 Å². The monoisotopic (exact) mass is 469 g/mol. The number of rotatable bonds is 7. The van der Waals surface area contributed by atoms with Crippen molar-refractivity contribution in [2.45, 2.75) is 24.7 Å². The van der Waals surface area contributed by atoms with Crippen LogP contribution in [0.2, 0.25) is 5.02 Å². The molecule has 0 bridgehead atoms. The van der Waals surface area contributed by atoms with Crippen LogP contribution in [0.3, 0.4) is 0 Å². The molecule has 1 unspecified atom stereocenters. The Morgan fingerprint density at radius 1 is 1.43 bits per heavy atom. The maximum absolute atomic E-state index is 5.94. The molecule has 23 heavy (non-hydrogen) atoms. The standard InChI is InChI=1S/C16H24ClN3OS.HI/c1-18-16(20-11-15-6-3-9-22-15)19-7-8-21-12-13-4-2-5-14(17)10-13;/h2,4-5,10,15H,3,6-9,11-12H2,1H3,(H2,18,19,20);1H. The Labute approximate surface area is 165 Å². The Bertz CT molecular complexity index is 484. The number of thioether (sulfide) groups is 1. The van der Waals surface area contributed by atoms with Crippen LogP contribution in [-0.2, 0) is 11.3 Å². The van der Waals surface area contributed by atoms with E-state index in [0.717, 1.165) is 34.9 Å². The highest BCUT2D eigenvalue weighted by molar-refractivity contribution is 14.0. The average Bonchev–Trinajstić information content (AvgIpc) is 3.03. The third-order valence-electron chi connectivity index (χ3n) is 3.44. The molecular weight excluding hydrogens is 445 g/mol. The van der Waals surface area contributed by atoms with Crippen LogP contribution in [0.5, 0.6) is 0 Å². The molecule has 1 aromatic rings. The van der Waals surface area contributed by atoms with Crippen molar-refractivity contribution in [3.05, 3.63) is 34.9 Å². The lowest BCUT2D eigenvalue weighted by molar-refractivity contribution is 0.125. The van der Waals surface area contributed by atoms with Gasteiger partial charge in [0.25, 0.3) is 0 Å². The van der Waals surface area contributed by atoms with E-state index < -0.39 is 0 Å². The van der Waals surface area contributed by atoms with Crippen LogP contribution < -0.4 is 10.6 Å². The van der Waals surface area contributed by atoms with Gasteiger partial charge >= 0.3 is 0 Å². The van der Waals surface area contributed by atoms with Crippen molar-refractivity contribution in [1.82, 2.24) is 10.6 Å². The van der Waals surface area contributed by atoms with Crippen molar-refractivity contribution in [2.75, 3.05) is 32.5 Å². The van der Waals surface area contributed by atoms with E-state index in [1.165, 1.54) is 18.6 Å². The largest absolute Gasteiger partial charge is 0.375 e. The van der Waals surface area contributed by atoms with Gasteiger partial charge in [-0.3, -0.25) is 4.99 Å². The van der Waals surface area contributed by atoms with Crippen molar-refractivity contribution >= 4 is 53.3 Å². The van der Waals surface area contributed by atoms with E-state index >= 15 is 0 Å². The lowest BCUT2D eigenvalue weighted by atomic mass is 10.2. The fourth-order valence-electron chi connectivity index (χ4n) is 2.29. The summed E-state index contributed by atoms with van der Waals surface area (Å²) in [5.74, 6) is 2.13. The van der Waals surface area contributed by atoms with Gasteiger partial charge in [-0.2, -0.15) is 11.8 Å². The zero-order valence-corrected chi connectivity index (χ0v) is 17.3. The van der Waals surface area contributed by atoms with Crippen molar-refractivity contribution in [3.63, 3.8) is 0 Å². The van der Waals surface area contributed by atoms with E-state index in [9.17, 15) is 0 Å². The number of hydrogen-bond acceptors (Lipinski definition) is 3. The summed E-state index contributed by atoms with van der Waals surface area (Å²) >= 11 is 7.99. The first-order valence-corrected chi connectivity index (χ1v) is 9.09. The number of guanidine groups is 1. The van der Waals surface area contributed by atoms with Crippen LogP contribution in [0.1, 0.15) is 18.4 Å². The maximum Gasteiger partial charge on any atom is 0.191 e. The number of hydrogen-bond donors (Lipinski definition) is 2. The van der Waals surface area contributed by atoms with Gasteiger partial charge in [-0.15, -0.1) is 24.0 Å². The molecule has 1 saturated heterocycles. The minimum atomic E-state index is 0. The van der Waals surface area contributed by atoms with Crippen LogP contribution >= 0.6 is 47.3 Å². The van der Waals surface area contributed by atoms with E-state index in [1.807, 2.05) is 36.0 Å². The van der Waals surface area contributed by atoms with Crippen LogP contribution in [-0.4, -0.2) is 43.7 Å². The van der Waals surface area contributed by atoms with Crippen LogP contribution in [0.4, 0.5) is 0 Å². The van der Waals surface area contributed by atoms with Crippen molar-refractivity contribution < 1.29 is 4.74 Å². The second-order valence-corrected chi connectivity index (χ2v) is 7.04. The molecule has 0 aromatic heterocycles. The normalized spacial score (nSPS) is 17.7. The minimum absolute atomic E-state index is 0. The van der Waals surface area contributed by atoms with Crippen molar-refractivity contribution in [2.24, 2.45) is 4.99 Å². The van der Waals surface area contributed by atoms with Gasteiger partial charge in [0.05, 0.1) is 13.2 Å². The minimum Gasteiger partial charge on any atom is -0.375 e. The SMILES string of the molecule is CN=C(NCCOCc1cccc(Cl)c1)NCC1CCCS1.I. The molecule has 0 amide bonds. The fraction of sp³-hybridized carbons (Fsp3) is 0.562. The van der Waals surface area contributed by atoms with Crippen LogP contribution in [0, 0.1) is 0 Å². The molecule has 0 spiro atoms. The maximum atomic E-state index is 5.94. The second kappa shape index (κ2) is 12.2. The van der Waals surface area contributed by atoms with E-state index in [4.69, 9.17) is 16.3 Å². The molecule has 0 radical (unpaired) electrons. The average molecular weight is 470 g/mol. The van der Waals surface area contributed by atoms with Gasteiger partial charge in [-0.05, 0) is 36.3 Å². The number of ether oxygens (including phenoxy) is 1. The molecule has 1 atom stereocenters. The summed E-state index contributed by atoms with van der Waals surface area (Å²) in [5, 5.41) is 8.11. The third kappa shape index (κ3) is 8.47. The van der Waals surface area contributed by atoms with Gasteiger partial charge < -0.3 is 15.4 Å². The summed E-state index contributed by atoms with van der Waals surface area (Å²) < 4.78 is 5.64. The van der Waals surface area contributed by atoms with Crippen molar-refractivity contribution in [1.29, 1.82) is 0 Å².